The number of rotatable bonds is 7. The third-order valence-corrected chi connectivity index (χ3v) is 4.43. The molecule has 2 atom stereocenters. The summed E-state index contributed by atoms with van der Waals surface area (Å²) in [5, 5.41) is 2.98. The number of halogens is 2. The number of benzene rings is 2. The van der Waals surface area contributed by atoms with Crippen LogP contribution in [0.5, 0.6) is 0 Å². The van der Waals surface area contributed by atoms with Gasteiger partial charge in [-0.05, 0) is 32.0 Å². The van der Waals surface area contributed by atoms with Gasteiger partial charge in [0.25, 0.3) is 0 Å². The highest BCUT2D eigenvalue weighted by molar-refractivity contribution is 5.87. The van der Waals surface area contributed by atoms with E-state index >= 15 is 0 Å². The van der Waals surface area contributed by atoms with Crippen LogP contribution in [0.2, 0.25) is 0 Å². The molecule has 0 aliphatic carbocycles. The first-order valence-corrected chi connectivity index (χ1v) is 8.28. The molecule has 0 radical (unpaired) electrons. The van der Waals surface area contributed by atoms with E-state index in [1.807, 2.05) is 48.5 Å². The Morgan fingerprint density at radius 1 is 1.08 bits per heavy atom. The molecule has 0 spiro atoms. The van der Waals surface area contributed by atoms with Crippen molar-refractivity contribution in [2.24, 2.45) is 5.73 Å². The number of likely N-dealkylation sites (N-methyl/N-ethyl adjacent to an activating group) is 1. The van der Waals surface area contributed by atoms with Gasteiger partial charge in [-0.15, -0.1) is 24.8 Å². The fourth-order valence-electron chi connectivity index (χ4n) is 2.52. The zero-order chi connectivity index (χ0) is 17.6. The van der Waals surface area contributed by atoms with Gasteiger partial charge < -0.3 is 11.1 Å². The van der Waals surface area contributed by atoms with Crippen molar-refractivity contribution in [1.29, 1.82) is 0 Å². The Morgan fingerprint density at radius 2 is 1.58 bits per heavy atom. The van der Waals surface area contributed by atoms with Crippen LogP contribution in [-0.2, 0) is 16.9 Å². The minimum atomic E-state index is -1.03. The smallest absolute Gasteiger partial charge is 0.244 e. The summed E-state index contributed by atoms with van der Waals surface area (Å²) < 4.78 is 0. The molecule has 2 aromatic carbocycles. The molecule has 2 rings (SSSR count). The van der Waals surface area contributed by atoms with Crippen LogP contribution in [-0.4, -0.2) is 30.4 Å². The lowest BCUT2D eigenvalue weighted by Gasteiger charge is -2.28. The second-order valence-corrected chi connectivity index (χ2v) is 6.53. The van der Waals surface area contributed by atoms with Gasteiger partial charge >= 0.3 is 0 Å². The number of nitrogens with two attached hydrogens (primary N) is 1. The number of nitrogens with one attached hydrogen (secondary N) is 1. The molecule has 0 aromatic heterocycles. The van der Waals surface area contributed by atoms with Gasteiger partial charge in [-0.25, -0.2) is 0 Å². The Labute approximate surface area is 169 Å². The summed E-state index contributed by atoms with van der Waals surface area (Å²) in [6.07, 6.45) is 0. The standard InChI is InChI=1S/C20H27N3O.2ClH/c1-16(23(3)15-17-10-6-4-7-11-17)14-22-19(24)20(2,21)18-12-8-5-9-13-18;;/h4-13,16H,14-15,21H2,1-3H3,(H,22,24);2*1H. The number of carbonyl (C=O) groups excluding carboxylic acids is 1. The maximum absolute atomic E-state index is 12.5. The summed E-state index contributed by atoms with van der Waals surface area (Å²) in [5.41, 5.74) is 7.28. The highest BCUT2D eigenvalue weighted by Crippen LogP contribution is 2.17. The van der Waals surface area contributed by atoms with Crippen LogP contribution >= 0.6 is 24.8 Å². The second-order valence-electron chi connectivity index (χ2n) is 6.53. The SMILES string of the molecule is CC(CNC(=O)C(C)(N)c1ccccc1)N(C)Cc1ccccc1.Cl.Cl. The third kappa shape index (κ3) is 6.61. The Kier molecular flexibility index (Phi) is 10.5. The molecule has 0 bridgehead atoms. The average Bonchev–Trinajstić information content (AvgIpc) is 2.60. The van der Waals surface area contributed by atoms with Crippen LogP contribution in [0.25, 0.3) is 0 Å². The van der Waals surface area contributed by atoms with Gasteiger partial charge in [0.05, 0.1) is 0 Å². The van der Waals surface area contributed by atoms with Crippen molar-refractivity contribution in [3.8, 4) is 0 Å². The van der Waals surface area contributed by atoms with Crippen molar-refractivity contribution in [3.05, 3.63) is 71.8 Å². The zero-order valence-corrected chi connectivity index (χ0v) is 17.1. The molecule has 0 saturated carbocycles. The lowest BCUT2D eigenvalue weighted by atomic mass is 9.92. The zero-order valence-electron chi connectivity index (χ0n) is 15.5. The van der Waals surface area contributed by atoms with Crippen molar-refractivity contribution in [1.82, 2.24) is 10.2 Å². The molecule has 0 aliphatic rings. The number of hydrogen-bond acceptors (Lipinski definition) is 3. The summed E-state index contributed by atoms with van der Waals surface area (Å²) in [7, 11) is 2.06. The second kappa shape index (κ2) is 11.2. The van der Waals surface area contributed by atoms with Crippen molar-refractivity contribution >= 4 is 30.7 Å². The van der Waals surface area contributed by atoms with E-state index in [1.165, 1.54) is 5.56 Å². The normalized spacial score (nSPS) is 13.7. The van der Waals surface area contributed by atoms with Crippen LogP contribution in [0.15, 0.2) is 60.7 Å². The van der Waals surface area contributed by atoms with E-state index in [4.69, 9.17) is 5.73 Å². The van der Waals surface area contributed by atoms with Crippen molar-refractivity contribution in [3.63, 3.8) is 0 Å². The van der Waals surface area contributed by atoms with Gasteiger partial charge in [0, 0.05) is 19.1 Å². The summed E-state index contributed by atoms with van der Waals surface area (Å²) >= 11 is 0. The van der Waals surface area contributed by atoms with Crippen LogP contribution in [0, 0.1) is 0 Å². The summed E-state index contributed by atoms with van der Waals surface area (Å²) in [6.45, 7) is 5.24. The van der Waals surface area contributed by atoms with Gasteiger partial charge in [0.2, 0.25) is 5.91 Å². The Hall–Kier alpha value is -1.59. The molecular formula is C20H29Cl2N3O. The highest BCUT2D eigenvalue weighted by atomic mass is 35.5. The Morgan fingerprint density at radius 3 is 2.12 bits per heavy atom. The van der Waals surface area contributed by atoms with Crippen LogP contribution < -0.4 is 11.1 Å². The van der Waals surface area contributed by atoms with E-state index in [2.05, 4.69) is 36.3 Å². The highest BCUT2D eigenvalue weighted by Gasteiger charge is 2.30. The van der Waals surface area contributed by atoms with Crippen LogP contribution in [0.3, 0.4) is 0 Å². The fourth-order valence-corrected chi connectivity index (χ4v) is 2.52. The molecule has 0 heterocycles. The number of nitrogens with zero attached hydrogens (tertiary/aromatic N) is 1. The van der Waals surface area contributed by atoms with Crippen molar-refractivity contribution < 1.29 is 4.79 Å². The molecule has 0 aliphatic heterocycles. The molecule has 3 N–H and O–H groups in total. The van der Waals surface area contributed by atoms with E-state index in [-0.39, 0.29) is 36.8 Å². The quantitative estimate of drug-likeness (QED) is 0.752. The predicted molar refractivity (Wildman–Crippen MR) is 113 cm³/mol. The van der Waals surface area contributed by atoms with Gasteiger partial charge in [-0.2, -0.15) is 0 Å². The minimum Gasteiger partial charge on any atom is -0.353 e. The molecule has 26 heavy (non-hydrogen) atoms. The van der Waals surface area contributed by atoms with E-state index in [0.29, 0.717) is 6.54 Å². The first kappa shape index (κ1) is 24.4. The third-order valence-electron chi connectivity index (χ3n) is 4.43. The van der Waals surface area contributed by atoms with Crippen LogP contribution in [0.4, 0.5) is 0 Å². The minimum absolute atomic E-state index is 0. The first-order chi connectivity index (χ1) is 11.4. The van der Waals surface area contributed by atoms with Crippen LogP contribution in [0.1, 0.15) is 25.0 Å². The van der Waals surface area contributed by atoms with E-state index < -0.39 is 5.54 Å². The molecule has 1 amide bonds. The van der Waals surface area contributed by atoms with Gasteiger partial charge in [-0.3, -0.25) is 9.69 Å². The maximum Gasteiger partial charge on any atom is 0.244 e. The summed E-state index contributed by atoms with van der Waals surface area (Å²) in [6, 6.07) is 20.0. The van der Waals surface area contributed by atoms with E-state index in [0.717, 1.165) is 12.1 Å². The van der Waals surface area contributed by atoms with E-state index in [9.17, 15) is 4.79 Å². The van der Waals surface area contributed by atoms with Crippen molar-refractivity contribution in [2.45, 2.75) is 32.0 Å². The largest absolute Gasteiger partial charge is 0.353 e. The molecule has 6 heteroatoms. The average molecular weight is 398 g/mol. The topological polar surface area (TPSA) is 58.4 Å². The molecular weight excluding hydrogens is 369 g/mol. The predicted octanol–water partition coefficient (Wildman–Crippen LogP) is 3.34. The molecule has 2 aromatic rings. The molecule has 4 nitrogen and oxygen atoms in total. The van der Waals surface area contributed by atoms with Crippen molar-refractivity contribution in [2.75, 3.05) is 13.6 Å². The van der Waals surface area contributed by atoms with Gasteiger partial charge in [0.1, 0.15) is 5.54 Å². The lowest BCUT2D eigenvalue weighted by Crippen LogP contribution is -2.51. The molecule has 144 valence electrons. The molecule has 2 unspecified atom stereocenters. The monoisotopic (exact) mass is 397 g/mol. The first-order valence-electron chi connectivity index (χ1n) is 8.28. The Bertz CT molecular complexity index is 651. The number of carbonyl (C=O) groups is 1. The van der Waals surface area contributed by atoms with Gasteiger partial charge in [-0.1, -0.05) is 60.7 Å². The van der Waals surface area contributed by atoms with E-state index in [1.54, 1.807) is 6.92 Å². The van der Waals surface area contributed by atoms with Gasteiger partial charge in [0.15, 0.2) is 0 Å². The lowest BCUT2D eigenvalue weighted by molar-refractivity contribution is -0.126. The molecule has 0 fully saturated rings. The summed E-state index contributed by atoms with van der Waals surface area (Å²) in [4.78, 5) is 14.7. The number of hydrogen-bond donors (Lipinski definition) is 2. The summed E-state index contributed by atoms with van der Waals surface area (Å²) in [5.74, 6) is -0.159. The molecule has 0 saturated heterocycles. The number of amides is 1. The fraction of sp³-hybridized carbons (Fsp3) is 0.350. The maximum atomic E-state index is 12.5. The Balaban J connectivity index is 0.00000312.